The van der Waals surface area contributed by atoms with Gasteiger partial charge in [0.15, 0.2) is 11.0 Å². The van der Waals surface area contributed by atoms with E-state index in [1.807, 2.05) is 11.9 Å². The van der Waals surface area contributed by atoms with Gasteiger partial charge in [0.1, 0.15) is 0 Å². The first-order chi connectivity index (χ1) is 5.63. The van der Waals surface area contributed by atoms with Gasteiger partial charge in [-0.05, 0) is 13.8 Å². The van der Waals surface area contributed by atoms with Crippen LogP contribution in [0.15, 0.2) is 12.4 Å². The van der Waals surface area contributed by atoms with Gasteiger partial charge in [-0.15, -0.1) is 0 Å². The lowest BCUT2D eigenvalue weighted by Crippen LogP contribution is -2.26. The molecule has 0 unspecified atom stereocenters. The lowest BCUT2D eigenvalue weighted by molar-refractivity contribution is 0.741. The number of rotatable bonds is 2. The zero-order chi connectivity index (χ0) is 9.14. The molecule has 12 heavy (non-hydrogen) atoms. The third-order valence-electron chi connectivity index (χ3n) is 1.74. The molecular formula is C8H12ClN3. The third kappa shape index (κ3) is 1.85. The van der Waals surface area contributed by atoms with Crippen LogP contribution in [0.25, 0.3) is 0 Å². The highest BCUT2D eigenvalue weighted by Crippen LogP contribution is 2.19. The molecule has 0 aromatic carbocycles. The van der Waals surface area contributed by atoms with Crippen molar-refractivity contribution in [2.75, 3.05) is 11.9 Å². The summed E-state index contributed by atoms with van der Waals surface area (Å²) in [6.45, 7) is 4.15. The number of aromatic nitrogens is 2. The van der Waals surface area contributed by atoms with Crippen LogP contribution in [-0.4, -0.2) is 23.1 Å². The van der Waals surface area contributed by atoms with E-state index in [1.165, 1.54) is 0 Å². The molecule has 0 saturated carbocycles. The quantitative estimate of drug-likeness (QED) is 0.706. The molecule has 1 rings (SSSR count). The van der Waals surface area contributed by atoms with Gasteiger partial charge in [0.2, 0.25) is 0 Å². The molecule has 0 aliphatic rings. The second kappa shape index (κ2) is 3.72. The lowest BCUT2D eigenvalue weighted by atomic mass is 10.3. The minimum atomic E-state index is 0.374. The van der Waals surface area contributed by atoms with Crippen LogP contribution in [0.1, 0.15) is 13.8 Å². The van der Waals surface area contributed by atoms with E-state index in [-0.39, 0.29) is 0 Å². The molecule has 3 nitrogen and oxygen atoms in total. The molecule has 0 aliphatic heterocycles. The lowest BCUT2D eigenvalue weighted by Gasteiger charge is -2.22. The number of hydrogen-bond acceptors (Lipinski definition) is 3. The second-order valence-corrected chi connectivity index (χ2v) is 3.23. The molecule has 0 spiro atoms. The Morgan fingerprint density at radius 2 is 1.92 bits per heavy atom. The molecule has 0 aliphatic carbocycles. The van der Waals surface area contributed by atoms with Crippen molar-refractivity contribution < 1.29 is 0 Å². The van der Waals surface area contributed by atoms with Crippen LogP contribution in [0.3, 0.4) is 0 Å². The van der Waals surface area contributed by atoms with E-state index in [9.17, 15) is 0 Å². The van der Waals surface area contributed by atoms with Gasteiger partial charge >= 0.3 is 0 Å². The van der Waals surface area contributed by atoms with E-state index in [4.69, 9.17) is 11.6 Å². The molecule has 1 aromatic heterocycles. The van der Waals surface area contributed by atoms with Gasteiger partial charge in [0.25, 0.3) is 0 Å². The molecule has 1 aromatic rings. The van der Waals surface area contributed by atoms with Gasteiger partial charge < -0.3 is 4.90 Å². The van der Waals surface area contributed by atoms with E-state index in [0.717, 1.165) is 5.82 Å². The Balaban J connectivity index is 2.94. The Labute approximate surface area is 77.4 Å². The average molecular weight is 186 g/mol. The highest BCUT2D eigenvalue weighted by molar-refractivity contribution is 6.31. The van der Waals surface area contributed by atoms with Crippen molar-refractivity contribution in [3.05, 3.63) is 17.5 Å². The first kappa shape index (κ1) is 9.26. The maximum absolute atomic E-state index is 5.85. The van der Waals surface area contributed by atoms with Gasteiger partial charge in [-0.25, -0.2) is 9.97 Å². The molecule has 0 N–H and O–H groups in total. The predicted octanol–water partition coefficient (Wildman–Crippen LogP) is 1.97. The summed E-state index contributed by atoms with van der Waals surface area (Å²) in [6.07, 6.45) is 3.22. The van der Waals surface area contributed by atoms with Crippen LogP contribution in [0.5, 0.6) is 0 Å². The van der Waals surface area contributed by atoms with Gasteiger partial charge in [0.05, 0.1) is 0 Å². The highest BCUT2D eigenvalue weighted by atomic mass is 35.5. The summed E-state index contributed by atoms with van der Waals surface area (Å²) in [6, 6.07) is 0.374. The van der Waals surface area contributed by atoms with Crippen molar-refractivity contribution in [3.8, 4) is 0 Å². The van der Waals surface area contributed by atoms with Crippen LogP contribution >= 0.6 is 11.6 Å². The van der Waals surface area contributed by atoms with Crippen molar-refractivity contribution in [3.63, 3.8) is 0 Å². The third-order valence-corrected chi connectivity index (χ3v) is 2.01. The monoisotopic (exact) mass is 185 g/mol. The van der Waals surface area contributed by atoms with Crippen molar-refractivity contribution >= 4 is 17.4 Å². The first-order valence-electron chi connectivity index (χ1n) is 3.82. The Kier molecular flexibility index (Phi) is 2.87. The van der Waals surface area contributed by atoms with E-state index < -0.39 is 0 Å². The van der Waals surface area contributed by atoms with Gasteiger partial charge in [-0.1, -0.05) is 11.6 Å². The number of halogens is 1. The summed E-state index contributed by atoms with van der Waals surface area (Å²) in [5.74, 6) is 0.731. The van der Waals surface area contributed by atoms with Gasteiger partial charge in [-0.2, -0.15) is 0 Å². The van der Waals surface area contributed by atoms with Crippen molar-refractivity contribution in [1.82, 2.24) is 9.97 Å². The molecular weight excluding hydrogens is 174 g/mol. The number of nitrogens with zero attached hydrogens (tertiary/aromatic N) is 3. The van der Waals surface area contributed by atoms with E-state index >= 15 is 0 Å². The molecule has 0 fully saturated rings. The standard InChI is InChI=1S/C8H12ClN3/c1-6(2)12(3)8-7(9)10-4-5-11-8/h4-6H,1-3H3. The Morgan fingerprint density at radius 1 is 1.33 bits per heavy atom. The highest BCUT2D eigenvalue weighted by Gasteiger charge is 2.09. The van der Waals surface area contributed by atoms with E-state index in [0.29, 0.717) is 11.2 Å². The molecule has 0 amide bonds. The summed E-state index contributed by atoms with van der Waals surface area (Å²) < 4.78 is 0. The largest absolute Gasteiger partial charge is 0.355 e. The molecule has 0 atom stereocenters. The summed E-state index contributed by atoms with van der Waals surface area (Å²) in [4.78, 5) is 10.1. The fourth-order valence-electron chi connectivity index (χ4n) is 0.795. The molecule has 66 valence electrons. The first-order valence-corrected chi connectivity index (χ1v) is 4.20. The second-order valence-electron chi connectivity index (χ2n) is 2.88. The maximum Gasteiger partial charge on any atom is 0.171 e. The Morgan fingerprint density at radius 3 is 2.42 bits per heavy atom. The van der Waals surface area contributed by atoms with Crippen LogP contribution < -0.4 is 4.90 Å². The topological polar surface area (TPSA) is 29.0 Å². The maximum atomic E-state index is 5.85. The fourth-order valence-corrected chi connectivity index (χ4v) is 1.03. The summed E-state index contributed by atoms with van der Waals surface area (Å²) in [5, 5.41) is 0.453. The van der Waals surface area contributed by atoms with Crippen LogP contribution in [0.4, 0.5) is 5.82 Å². The summed E-state index contributed by atoms with van der Waals surface area (Å²) in [7, 11) is 1.94. The normalized spacial score (nSPS) is 10.4. The molecule has 0 bridgehead atoms. The van der Waals surface area contributed by atoms with Crippen LogP contribution in [0.2, 0.25) is 5.15 Å². The minimum absolute atomic E-state index is 0.374. The SMILES string of the molecule is CC(C)N(C)c1nccnc1Cl. The summed E-state index contributed by atoms with van der Waals surface area (Å²) >= 11 is 5.85. The number of anilines is 1. The van der Waals surface area contributed by atoms with Crippen molar-refractivity contribution in [2.45, 2.75) is 19.9 Å². The van der Waals surface area contributed by atoms with Gasteiger partial charge in [0, 0.05) is 25.5 Å². The predicted molar refractivity (Wildman–Crippen MR) is 50.6 cm³/mol. The Hall–Kier alpha value is -0.830. The molecule has 4 heteroatoms. The number of hydrogen-bond donors (Lipinski definition) is 0. The van der Waals surface area contributed by atoms with Crippen LogP contribution in [-0.2, 0) is 0 Å². The molecule has 0 saturated heterocycles. The van der Waals surface area contributed by atoms with Crippen LogP contribution in [0, 0.1) is 0 Å². The molecule has 1 heterocycles. The minimum Gasteiger partial charge on any atom is -0.355 e. The zero-order valence-electron chi connectivity index (χ0n) is 7.45. The van der Waals surface area contributed by atoms with E-state index in [1.54, 1.807) is 12.4 Å². The molecule has 0 radical (unpaired) electrons. The average Bonchev–Trinajstić information content (AvgIpc) is 2.04. The zero-order valence-corrected chi connectivity index (χ0v) is 8.21. The smallest absolute Gasteiger partial charge is 0.171 e. The Bertz CT molecular complexity index is 262. The van der Waals surface area contributed by atoms with Crippen molar-refractivity contribution in [1.29, 1.82) is 0 Å². The van der Waals surface area contributed by atoms with E-state index in [2.05, 4.69) is 23.8 Å². The summed E-state index contributed by atoms with van der Waals surface area (Å²) in [5.41, 5.74) is 0. The van der Waals surface area contributed by atoms with Crippen molar-refractivity contribution in [2.24, 2.45) is 0 Å². The van der Waals surface area contributed by atoms with Gasteiger partial charge in [-0.3, -0.25) is 0 Å². The fraction of sp³-hybridized carbons (Fsp3) is 0.500.